The van der Waals surface area contributed by atoms with Crippen LogP contribution >= 0.6 is 0 Å². The average Bonchev–Trinajstić information content (AvgIpc) is 3.51. The van der Waals surface area contributed by atoms with E-state index in [2.05, 4.69) is 48.0 Å². The number of nitrogens with one attached hydrogen (secondary N) is 3. The van der Waals surface area contributed by atoms with Crippen LogP contribution in [0.2, 0.25) is 0 Å². The predicted octanol–water partition coefficient (Wildman–Crippen LogP) is 2.34. The maximum absolute atomic E-state index is 10.4. The fraction of sp³-hybridized carbons (Fsp3) is 0.522. The summed E-state index contributed by atoms with van der Waals surface area (Å²) in [5.41, 5.74) is 1.54. The summed E-state index contributed by atoms with van der Waals surface area (Å²) in [4.78, 5) is 8.18. The molecule has 4 N–H and O–H groups in total. The number of aromatic nitrogens is 4. The van der Waals surface area contributed by atoms with Crippen molar-refractivity contribution in [3.63, 3.8) is 0 Å². The second kappa shape index (κ2) is 10.4. The molecule has 0 saturated heterocycles. The highest BCUT2D eigenvalue weighted by molar-refractivity contribution is 5.63. The number of hydrogen-bond donors (Lipinski definition) is 4. The number of nitriles is 1. The van der Waals surface area contributed by atoms with Gasteiger partial charge < -0.3 is 21.1 Å². The molecule has 3 atom stereocenters. The molecule has 0 bridgehead atoms. The Morgan fingerprint density at radius 1 is 1.06 bits per heavy atom. The molecular formula is C23H28N8O. The molecule has 3 unspecified atom stereocenters. The lowest BCUT2D eigenvalue weighted by Crippen LogP contribution is -2.24. The highest BCUT2D eigenvalue weighted by Crippen LogP contribution is 2.28. The lowest BCUT2D eigenvalue weighted by Gasteiger charge is -2.16. The summed E-state index contributed by atoms with van der Waals surface area (Å²) in [7, 11) is 1.99. The minimum absolute atomic E-state index is 0.244. The molecule has 0 amide bonds. The van der Waals surface area contributed by atoms with Crippen molar-refractivity contribution < 1.29 is 5.11 Å². The molecule has 2 heterocycles. The quantitative estimate of drug-likeness (QED) is 0.508. The third kappa shape index (κ3) is 5.50. The molecule has 166 valence electrons. The van der Waals surface area contributed by atoms with Gasteiger partial charge in [-0.3, -0.25) is 0 Å². The zero-order chi connectivity index (χ0) is 22.3. The monoisotopic (exact) mass is 432 g/mol. The Morgan fingerprint density at radius 3 is 2.56 bits per heavy atom. The van der Waals surface area contributed by atoms with E-state index in [-0.39, 0.29) is 11.6 Å². The molecule has 0 aromatic carbocycles. The second-order valence-corrected chi connectivity index (χ2v) is 8.41. The Balaban J connectivity index is 1.54. The van der Waals surface area contributed by atoms with Crippen molar-refractivity contribution in [2.75, 3.05) is 17.7 Å². The SMILES string of the molecule is CNC1CCC(Nc2cc(Nc3cnc(C#N)cn3)nnc2C#CC(O)C2CCCC2)C1. The third-order valence-corrected chi connectivity index (χ3v) is 6.20. The van der Waals surface area contributed by atoms with Gasteiger partial charge in [0.2, 0.25) is 0 Å². The molecule has 2 saturated carbocycles. The largest absolute Gasteiger partial charge is 0.380 e. The smallest absolute Gasteiger partial charge is 0.159 e. The van der Waals surface area contributed by atoms with Gasteiger partial charge in [-0.25, -0.2) is 9.97 Å². The van der Waals surface area contributed by atoms with E-state index in [1.54, 1.807) is 0 Å². The summed E-state index contributed by atoms with van der Waals surface area (Å²) in [5, 5.41) is 37.8. The Bertz CT molecular complexity index is 1020. The maximum Gasteiger partial charge on any atom is 0.159 e. The van der Waals surface area contributed by atoms with E-state index in [1.807, 2.05) is 19.2 Å². The summed E-state index contributed by atoms with van der Waals surface area (Å²) in [6.45, 7) is 0. The first-order valence-electron chi connectivity index (χ1n) is 11.1. The van der Waals surface area contributed by atoms with Gasteiger partial charge in [-0.15, -0.1) is 10.2 Å². The molecule has 0 aliphatic heterocycles. The summed E-state index contributed by atoms with van der Waals surface area (Å²) >= 11 is 0. The summed E-state index contributed by atoms with van der Waals surface area (Å²) < 4.78 is 0. The first-order chi connectivity index (χ1) is 15.6. The third-order valence-electron chi connectivity index (χ3n) is 6.20. The Kier molecular flexibility index (Phi) is 7.10. The topological polar surface area (TPSA) is 132 Å². The Morgan fingerprint density at radius 2 is 1.88 bits per heavy atom. The van der Waals surface area contributed by atoms with Crippen molar-refractivity contribution in [2.24, 2.45) is 5.92 Å². The van der Waals surface area contributed by atoms with Crippen LogP contribution in [-0.2, 0) is 0 Å². The normalized spacial score (nSPS) is 21.4. The fourth-order valence-corrected chi connectivity index (χ4v) is 4.36. The van der Waals surface area contributed by atoms with Gasteiger partial charge in [-0.05, 0) is 51.0 Å². The van der Waals surface area contributed by atoms with Gasteiger partial charge in [0.25, 0.3) is 0 Å². The molecule has 2 fully saturated rings. The molecule has 0 radical (unpaired) electrons. The van der Waals surface area contributed by atoms with E-state index in [0.29, 0.717) is 29.4 Å². The van der Waals surface area contributed by atoms with Crippen molar-refractivity contribution in [3.8, 4) is 17.9 Å². The Hall–Kier alpha value is -3.27. The van der Waals surface area contributed by atoms with Gasteiger partial charge in [0.05, 0.1) is 18.1 Å². The maximum atomic E-state index is 10.4. The van der Waals surface area contributed by atoms with E-state index in [4.69, 9.17) is 5.26 Å². The first-order valence-corrected chi connectivity index (χ1v) is 11.1. The van der Waals surface area contributed by atoms with Crippen LogP contribution in [0, 0.1) is 29.1 Å². The van der Waals surface area contributed by atoms with Gasteiger partial charge in [0, 0.05) is 18.2 Å². The molecule has 32 heavy (non-hydrogen) atoms. The number of hydrogen-bond acceptors (Lipinski definition) is 9. The zero-order valence-corrected chi connectivity index (χ0v) is 18.2. The van der Waals surface area contributed by atoms with E-state index >= 15 is 0 Å². The number of rotatable bonds is 6. The lowest BCUT2D eigenvalue weighted by molar-refractivity contribution is 0.165. The first kappa shape index (κ1) is 21.9. The van der Waals surface area contributed by atoms with Crippen LogP contribution in [-0.4, -0.2) is 50.5 Å². The number of anilines is 3. The fourth-order valence-electron chi connectivity index (χ4n) is 4.36. The summed E-state index contributed by atoms with van der Waals surface area (Å²) in [6, 6.07) is 4.60. The van der Waals surface area contributed by atoms with E-state index in [0.717, 1.165) is 50.6 Å². The van der Waals surface area contributed by atoms with Crippen LogP contribution in [0.3, 0.4) is 0 Å². The Labute approximate surface area is 188 Å². The van der Waals surface area contributed by atoms with Gasteiger partial charge in [0.15, 0.2) is 17.2 Å². The molecule has 4 rings (SSSR count). The molecule has 2 aromatic heterocycles. The van der Waals surface area contributed by atoms with Crippen LogP contribution in [0.15, 0.2) is 18.5 Å². The van der Waals surface area contributed by atoms with E-state index in [9.17, 15) is 5.11 Å². The molecule has 2 aliphatic carbocycles. The average molecular weight is 433 g/mol. The number of nitrogens with zero attached hydrogens (tertiary/aromatic N) is 5. The van der Waals surface area contributed by atoms with E-state index < -0.39 is 6.10 Å². The lowest BCUT2D eigenvalue weighted by atomic mass is 10.0. The molecule has 9 nitrogen and oxygen atoms in total. The second-order valence-electron chi connectivity index (χ2n) is 8.41. The van der Waals surface area contributed by atoms with Gasteiger partial charge in [-0.2, -0.15) is 5.26 Å². The van der Waals surface area contributed by atoms with Crippen molar-refractivity contribution in [2.45, 2.75) is 63.1 Å². The van der Waals surface area contributed by atoms with Crippen molar-refractivity contribution in [3.05, 3.63) is 29.8 Å². The van der Waals surface area contributed by atoms with Crippen LogP contribution in [0.5, 0.6) is 0 Å². The molecule has 2 aromatic rings. The molecule has 9 heteroatoms. The number of aliphatic hydroxyl groups excluding tert-OH is 1. The zero-order valence-electron chi connectivity index (χ0n) is 18.2. The predicted molar refractivity (Wildman–Crippen MR) is 121 cm³/mol. The summed E-state index contributed by atoms with van der Waals surface area (Å²) in [5.74, 6) is 7.25. The molecule has 2 aliphatic rings. The van der Waals surface area contributed by atoms with Gasteiger partial charge in [0.1, 0.15) is 18.0 Å². The van der Waals surface area contributed by atoms with Gasteiger partial charge >= 0.3 is 0 Å². The minimum Gasteiger partial charge on any atom is -0.380 e. The number of aliphatic hydroxyl groups is 1. The standard InChI is InChI=1S/C23H28N8O/c1-25-16-6-7-17(10-16)28-20-11-22(29-23-14-26-18(12-24)13-27-23)31-30-19(20)8-9-21(32)15-4-2-3-5-15/h11,13-17,21,25,32H,2-7,10H2,1H3,(H2,27,28,29,31). The highest BCUT2D eigenvalue weighted by Gasteiger charge is 2.25. The highest BCUT2D eigenvalue weighted by atomic mass is 16.3. The van der Waals surface area contributed by atoms with Gasteiger partial charge in [-0.1, -0.05) is 18.8 Å². The molecule has 0 spiro atoms. The van der Waals surface area contributed by atoms with Crippen LogP contribution in [0.1, 0.15) is 56.3 Å². The minimum atomic E-state index is -0.640. The van der Waals surface area contributed by atoms with Crippen LogP contribution < -0.4 is 16.0 Å². The van der Waals surface area contributed by atoms with Crippen LogP contribution in [0.4, 0.5) is 17.3 Å². The molecular weight excluding hydrogens is 404 g/mol. The van der Waals surface area contributed by atoms with Crippen molar-refractivity contribution in [1.29, 1.82) is 5.26 Å². The summed E-state index contributed by atoms with van der Waals surface area (Å²) in [6.07, 6.45) is 9.77. The van der Waals surface area contributed by atoms with Crippen LogP contribution in [0.25, 0.3) is 0 Å². The van der Waals surface area contributed by atoms with E-state index in [1.165, 1.54) is 12.4 Å². The van der Waals surface area contributed by atoms with Crippen molar-refractivity contribution >= 4 is 17.3 Å². The van der Waals surface area contributed by atoms with Crippen molar-refractivity contribution in [1.82, 2.24) is 25.5 Å².